The summed E-state index contributed by atoms with van der Waals surface area (Å²) in [6, 6.07) is 19.1. The molecule has 1 unspecified atom stereocenters. The minimum absolute atomic E-state index is 0.173. The third-order valence-corrected chi connectivity index (χ3v) is 4.28. The molecular weight excluding hydrogens is 258 g/mol. The van der Waals surface area contributed by atoms with Gasteiger partial charge in [-0.1, -0.05) is 60.2 Å². The molecule has 0 saturated heterocycles. The summed E-state index contributed by atoms with van der Waals surface area (Å²) in [7, 11) is 0. The molecule has 0 aromatic heterocycles. The van der Waals surface area contributed by atoms with Crippen LogP contribution < -0.4 is 5.73 Å². The molecule has 0 aliphatic carbocycles. The molecule has 0 fully saturated rings. The minimum Gasteiger partial charge on any atom is -0.370 e. The molecular formula is C18H21N3. The van der Waals surface area contributed by atoms with Crippen molar-refractivity contribution in [2.45, 2.75) is 25.9 Å². The molecule has 3 heteroatoms. The fourth-order valence-corrected chi connectivity index (χ4v) is 2.84. The lowest BCUT2D eigenvalue weighted by atomic mass is 9.90. The van der Waals surface area contributed by atoms with Crippen molar-refractivity contribution in [2.24, 2.45) is 10.7 Å². The average molecular weight is 279 g/mol. The number of nitrogens with two attached hydrogens (primary N) is 1. The van der Waals surface area contributed by atoms with Crippen molar-refractivity contribution in [3.63, 3.8) is 0 Å². The predicted octanol–water partition coefficient (Wildman–Crippen LogP) is 3.04. The fourth-order valence-electron chi connectivity index (χ4n) is 2.84. The zero-order valence-electron chi connectivity index (χ0n) is 12.6. The summed E-state index contributed by atoms with van der Waals surface area (Å²) in [5.74, 6) is 0.627. The van der Waals surface area contributed by atoms with Crippen LogP contribution in [0.5, 0.6) is 0 Å². The Bertz CT molecular complexity index is 646. The number of aliphatic imine (C=N–C) groups is 1. The van der Waals surface area contributed by atoms with E-state index in [4.69, 9.17) is 5.73 Å². The van der Waals surface area contributed by atoms with Gasteiger partial charge in [0.1, 0.15) is 0 Å². The monoisotopic (exact) mass is 279 g/mol. The van der Waals surface area contributed by atoms with Crippen LogP contribution >= 0.6 is 0 Å². The van der Waals surface area contributed by atoms with Crippen LogP contribution in [0.4, 0.5) is 0 Å². The quantitative estimate of drug-likeness (QED) is 0.938. The van der Waals surface area contributed by atoms with Crippen LogP contribution in [0.15, 0.2) is 59.6 Å². The van der Waals surface area contributed by atoms with Gasteiger partial charge in [-0.25, -0.2) is 0 Å². The molecule has 3 nitrogen and oxygen atoms in total. The highest BCUT2D eigenvalue weighted by Gasteiger charge is 2.39. The Balaban J connectivity index is 1.92. The minimum atomic E-state index is -0.173. The van der Waals surface area contributed by atoms with Crippen molar-refractivity contribution >= 4 is 5.96 Å². The molecule has 21 heavy (non-hydrogen) atoms. The SMILES string of the molecule is Cc1ccc(C2(C)CN=C(N)N2Cc2ccccc2)cc1. The lowest BCUT2D eigenvalue weighted by Crippen LogP contribution is -2.46. The van der Waals surface area contributed by atoms with E-state index in [0.29, 0.717) is 12.5 Å². The Hall–Kier alpha value is -2.29. The van der Waals surface area contributed by atoms with E-state index >= 15 is 0 Å². The summed E-state index contributed by atoms with van der Waals surface area (Å²) in [5, 5.41) is 0. The number of nitrogens with zero attached hydrogens (tertiary/aromatic N) is 2. The van der Waals surface area contributed by atoms with E-state index in [0.717, 1.165) is 6.54 Å². The molecule has 1 heterocycles. The van der Waals surface area contributed by atoms with Gasteiger partial charge >= 0.3 is 0 Å². The lowest BCUT2D eigenvalue weighted by Gasteiger charge is -2.37. The molecule has 0 bridgehead atoms. The number of rotatable bonds is 3. The van der Waals surface area contributed by atoms with E-state index in [-0.39, 0.29) is 5.54 Å². The topological polar surface area (TPSA) is 41.6 Å². The van der Waals surface area contributed by atoms with Gasteiger partial charge in [-0.05, 0) is 25.0 Å². The van der Waals surface area contributed by atoms with Crippen LogP contribution in [0.3, 0.4) is 0 Å². The highest BCUT2D eigenvalue weighted by molar-refractivity contribution is 5.81. The zero-order valence-corrected chi connectivity index (χ0v) is 12.6. The molecule has 0 radical (unpaired) electrons. The molecule has 0 saturated carbocycles. The fraction of sp³-hybridized carbons (Fsp3) is 0.278. The van der Waals surface area contributed by atoms with Crippen molar-refractivity contribution in [3.8, 4) is 0 Å². The third kappa shape index (κ3) is 2.51. The first-order chi connectivity index (χ1) is 10.1. The van der Waals surface area contributed by atoms with Gasteiger partial charge in [0.2, 0.25) is 0 Å². The van der Waals surface area contributed by atoms with E-state index < -0.39 is 0 Å². The predicted molar refractivity (Wildman–Crippen MR) is 87.0 cm³/mol. The van der Waals surface area contributed by atoms with E-state index in [1.165, 1.54) is 16.7 Å². The van der Waals surface area contributed by atoms with Gasteiger partial charge < -0.3 is 10.6 Å². The van der Waals surface area contributed by atoms with Crippen LogP contribution in [-0.2, 0) is 12.1 Å². The molecule has 1 aliphatic heterocycles. The van der Waals surface area contributed by atoms with Gasteiger partial charge in [0.25, 0.3) is 0 Å². The molecule has 2 aromatic carbocycles. The van der Waals surface area contributed by atoms with Gasteiger partial charge in [0.05, 0.1) is 12.1 Å². The largest absolute Gasteiger partial charge is 0.370 e. The summed E-state index contributed by atoms with van der Waals surface area (Å²) < 4.78 is 0. The van der Waals surface area contributed by atoms with Crippen LogP contribution in [0.2, 0.25) is 0 Å². The van der Waals surface area contributed by atoms with Crippen LogP contribution in [0.25, 0.3) is 0 Å². The number of benzene rings is 2. The molecule has 0 amide bonds. The summed E-state index contributed by atoms with van der Waals surface area (Å²) >= 11 is 0. The van der Waals surface area contributed by atoms with Crippen molar-refractivity contribution in [3.05, 3.63) is 71.3 Å². The highest BCUT2D eigenvalue weighted by Crippen LogP contribution is 2.34. The normalized spacial score (nSPS) is 21.4. The van der Waals surface area contributed by atoms with Crippen LogP contribution in [0.1, 0.15) is 23.6 Å². The number of aryl methyl sites for hydroxylation is 1. The molecule has 1 atom stereocenters. The van der Waals surface area contributed by atoms with Crippen LogP contribution in [-0.4, -0.2) is 17.4 Å². The summed E-state index contributed by atoms with van der Waals surface area (Å²) in [6.45, 7) is 5.80. The van der Waals surface area contributed by atoms with E-state index in [1.807, 2.05) is 6.07 Å². The summed E-state index contributed by atoms with van der Waals surface area (Å²) in [5.41, 5.74) is 9.74. The first-order valence-electron chi connectivity index (χ1n) is 7.28. The van der Waals surface area contributed by atoms with Gasteiger partial charge in [0, 0.05) is 6.54 Å². The maximum atomic E-state index is 6.15. The van der Waals surface area contributed by atoms with Gasteiger partial charge in [0.15, 0.2) is 5.96 Å². The van der Waals surface area contributed by atoms with Crippen LogP contribution in [0, 0.1) is 6.92 Å². The Morgan fingerprint density at radius 2 is 1.76 bits per heavy atom. The Labute approximate surface area is 126 Å². The number of hydrogen-bond acceptors (Lipinski definition) is 3. The number of hydrogen-bond donors (Lipinski definition) is 1. The standard InChI is InChI=1S/C18H21N3/c1-14-8-10-16(11-9-14)18(2)13-20-17(19)21(18)12-15-6-4-3-5-7-15/h3-11H,12-13H2,1-2H3,(H2,19,20). The highest BCUT2D eigenvalue weighted by atomic mass is 15.3. The maximum absolute atomic E-state index is 6.15. The maximum Gasteiger partial charge on any atom is 0.192 e. The second-order valence-corrected chi connectivity index (χ2v) is 5.89. The van der Waals surface area contributed by atoms with Gasteiger partial charge in [-0.3, -0.25) is 4.99 Å². The summed E-state index contributed by atoms with van der Waals surface area (Å²) in [6.07, 6.45) is 0. The Kier molecular flexibility index (Phi) is 3.42. The number of guanidine groups is 1. The van der Waals surface area contributed by atoms with Gasteiger partial charge in [-0.2, -0.15) is 0 Å². The first kappa shape index (κ1) is 13.7. The van der Waals surface area contributed by atoms with Crippen molar-refractivity contribution in [1.29, 1.82) is 0 Å². The zero-order chi connectivity index (χ0) is 14.9. The summed E-state index contributed by atoms with van der Waals surface area (Å²) in [4.78, 5) is 6.69. The smallest absolute Gasteiger partial charge is 0.192 e. The van der Waals surface area contributed by atoms with E-state index in [1.54, 1.807) is 0 Å². The molecule has 108 valence electrons. The van der Waals surface area contributed by atoms with Crippen molar-refractivity contribution in [1.82, 2.24) is 4.90 Å². The lowest BCUT2D eigenvalue weighted by molar-refractivity contribution is 0.217. The molecule has 1 aliphatic rings. The Morgan fingerprint density at radius 1 is 1.10 bits per heavy atom. The Morgan fingerprint density at radius 3 is 2.43 bits per heavy atom. The van der Waals surface area contributed by atoms with Gasteiger partial charge in [-0.15, -0.1) is 0 Å². The molecule has 2 aromatic rings. The van der Waals surface area contributed by atoms with E-state index in [9.17, 15) is 0 Å². The second-order valence-electron chi connectivity index (χ2n) is 5.89. The first-order valence-corrected chi connectivity index (χ1v) is 7.28. The third-order valence-electron chi connectivity index (χ3n) is 4.28. The molecule has 0 spiro atoms. The molecule has 2 N–H and O–H groups in total. The van der Waals surface area contributed by atoms with Crippen molar-refractivity contribution < 1.29 is 0 Å². The second kappa shape index (κ2) is 5.24. The van der Waals surface area contributed by atoms with E-state index in [2.05, 4.69) is 72.3 Å². The van der Waals surface area contributed by atoms with Crippen molar-refractivity contribution in [2.75, 3.05) is 6.54 Å². The average Bonchev–Trinajstić information content (AvgIpc) is 2.78. The molecule has 3 rings (SSSR count).